The highest BCUT2D eigenvalue weighted by atomic mass is 15.2. The zero-order chi connectivity index (χ0) is 12.1. The summed E-state index contributed by atoms with van der Waals surface area (Å²) >= 11 is 0. The Morgan fingerprint density at radius 2 is 1.94 bits per heavy atom. The Bertz CT molecular complexity index is 208. The van der Waals surface area contributed by atoms with Gasteiger partial charge in [-0.2, -0.15) is 0 Å². The van der Waals surface area contributed by atoms with Gasteiger partial charge in [-0.05, 0) is 78.3 Å². The highest BCUT2D eigenvalue weighted by molar-refractivity contribution is 4.86. The van der Waals surface area contributed by atoms with Gasteiger partial charge in [0.05, 0.1) is 0 Å². The Labute approximate surface area is 107 Å². The topological polar surface area (TPSA) is 18.5 Å². The SMILES string of the molecule is CN(C)CCCN(CC1CCCNC1)C1CC1. The molecule has 0 bridgehead atoms. The third-order valence-corrected chi connectivity index (χ3v) is 4.01. The van der Waals surface area contributed by atoms with Crippen molar-refractivity contribution in [2.45, 2.75) is 38.1 Å². The summed E-state index contributed by atoms with van der Waals surface area (Å²) < 4.78 is 0. The first kappa shape index (κ1) is 13.3. The van der Waals surface area contributed by atoms with Crippen LogP contribution >= 0.6 is 0 Å². The monoisotopic (exact) mass is 239 g/mol. The van der Waals surface area contributed by atoms with E-state index in [2.05, 4.69) is 29.2 Å². The van der Waals surface area contributed by atoms with E-state index in [0.717, 1.165) is 12.0 Å². The fourth-order valence-electron chi connectivity index (χ4n) is 2.86. The van der Waals surface area contributed by atoms with Gasteiger partial charge >= 0.3 is 0 Å². The Morgan fingerprint density at radius 3 is 2.53 bits per heavy atom. The van der Waals surface area contributed by atoms with Crippen LogP contribution in [-0.4, -0.2) is 62.7 Å². The average Bonchev–Trinajstić information content (AvgIpc) is 3.12. The Hall–Kier alpha value is -0.120. The minimum atomic E-state index is 0.906. The molecule has 2 rings (SSSR count). The maximum absolute atomic E-state index is 3.54. The molecule has 1 saturated heterocycles. The molecule has 0 aromatic rings. The van der Waals surface area contributed by atoms with Crippen molar-refractivity contribution in [3.63, 3.8) is 0 Å². The van der Waals surface area contributed by atoms with Crippen molar-refractivity contribution >= 4 is 0 Å². The summed E-state index contributed by atoms with van der Waals surface area (Å²) in [7, 11) is 4.35. The van der Waals surface area contributed by atoms with Crippen LogP contribution in [0.3, 0.4) is 0 Å². The van der Waals surface area contributed by atoms with Gasteiger partial charge in [0.15, 0.2) is 0 Å². The molecule has 0 amide bonds. The third-order valence-electron chi connectivity index (χ3n) is 4.01. The van der Waals surface area contributed by atoms with Gasteiger partial charge in [0.1, 0.15) is 0 Å². The van der Waals surface area contributed by atoms with E-state index in [1.807, 2.05) is 0 Å². The van der Waals surface area contributed by atoms with Crippen LogP contribution in [0.4, 0.5) is 0 Å². The first-order valence-electron chi connectivity index (χ1n) is 7.35. The molecule has 1 unspecified atom stereocenters. The maximum Gasteiger partial charge on any atom is 0.00965 e. The van der Waals surface area contributed by atoms with E-state index in [1.54, 1.807) is 0 Å². The second kappa shape index (κ2) is 6.72. The summed E-state index contributed by atoms with van der Waals surface area (Å²) in [5, 5.41) is 3.54. The van der Waals surface area contributed by atoms with Crippen LogP contribution in [0.15, 0.2) is 0 Å². The van der Waals surface area contributed by atoms with Gasteiger partial charge in [0, 0.05) is 12.6 Å². The summed E-state index contributed by atoms with van der Waals surface area (Å²) in [6.45, 7) is 6.36. The van der Waals surface area contributed by atoms with E-state index >= 15 is 0 Å². The van der Waals surface area contributed by atoms with Crippen molar-refractivity contribution in [2.24, 2.45) is 5.92 Å². The number of nitrogens with one attached hydrogen (secondary N) is 1. The van der Waals surface area contributed by atoms with Crippen molar-refractivity contribution in [3.8, 4) is 0 Å². The Balaban J connectivity index is 1.68. The third kappa shape index (κ3) is 4.94. The average molecular weight is 239 g/mol. The summed E-state index contributed by atoms with van der Waals surface area (Å²) in [6, 6.07) is 0.930. The summed E-state index contributed by atoms with van der Waals surface area (Å²) in [6.07, 6.45) is 7.03. The van der Waals surface area contributed by atoms with Crippen LogP contribution in [0.5, 0.6) is 0 Å². The molecular weight excluding hydrogens is 210 g/mol. The molecule has 1 saturated carbocycles. The molecule has 1 atom stereocenters. The lowest BCUT2D eigenvalue weighted by molar-refractivity contribution is 0.192. The molecule has 1 heterocycles. The minimum Gasteiger partial charge on any atom is -0.316 e. The number of piperidine rings is 1. The molecule has 1 aliphatic carbocycles. The summed E-state index contributed by atoms with van der Waals surface area (Å²) in [5.74, 6) is 0.906. The van der Waals surface area contributed by atoms with Gasteiger partial charge in [-0.3, -0.25) is 0 Å². The lowest BCUT2D eigenvalue weighted by atomic mass is 9.99. The molecule has 0 aromatic heterocycles. The van der Waals surface area contributed by atoms with Gasteiger partial charge in [-0.15, -0.1) is 0 Å². The Kier molecular flexibility index (Phi) is 5.26. The fraction of sp³-hybridized carbons (Fsp3) is 1.00. The molecule has 0 spiro atoms. The molecule has 2 fully saturated rings. The molecule has 0 radical (unpaired) electrons. The van der Waals surface area contributed by atoms with Gasteiger partial charge < -0.3 is 15.1 Å². The molecule has 100 valence electrons. The zero-order valence-corrected chi connectivity index (χ0v) is 11.6. The molecule has 0 aromatic carbocycles. The largest absolute Gasteiger partial charge is 0.316 e. The summed E-state index contributed by atoms with van der Waals surface area (Å²) in [4.78, 5) is 5.06. The standard InChI is InChI=1S/C14H29N3/c1-16(2)9-4-10-17(14-6-7-14)12-13-5-3-8-15-11-13/h13-15H,3-12H2,1-2H3. The zero-order valence-electron chi connectivity index (χ0n) is 11.6. The summed E-state index contributed by atoms with van der Waals surface area (Å²) in [5.41, 5.74) is 0. The van der Waals surface area contributed by atoms with Crippen LogP contribution in [0.1, 0.15) is 32.1 Å². The van der Waals surface area contributed by atoms with E-state index in [-0.39, 0.29) is 0 Å². The molecule has 1 N–H and O–H groups in total. The molecule has 3 heteroatoms. The number of nitrogens with zero attached hydrogens (tertiary/aromatic N) is 2. The molecule has 17 heavy (non-hydrogen) atoms. The lowest BCUT2D eigenvalue weighted by Gasteiger charge is -2.30. The quantitative estimate of drug-likeness (QED) is 0.724. The van der Waals surface area contributed by atoms with Crippen LogP contribution in [0.25, 0.3) is 0 Å². The van der Waals surface area contributed by atoms with Crippen LogP contribution in [0, 0.1) is 5.92 Å². The second-order valence-electron chi connectivity index (χ2n) is 6.10. The van der Waals surface area contributed by atoms with E-state index in [0.29, 0.717) is 0 Å². The van der Waals surface area contributed by atoms with Crippen LogP contribution < -0.4 is 5.32 Å². The van der Waals surface area contributed by atoms with Gasteiger partial charge in [-0.1, -0.05) is 0 Å². The van der Waals surface area contributed by atoms with Crippen LogP contribution in [-0.2, 0) is 0 Å². The highest BCUT2D eigenvalue weighted by Crippen LogP contribution is 2.28. The molecule has 2 aliphatic rings. The van der Waals surface area contributed by atoms with E-state index in [4.69, 9.17) is 0 Å². The first-order chi connectivity index (χ1) is 8.25. The maximum atomic E-state index is 3.54. The lowest BCUT2D eigenvalue weighted by Crippen LogP contribution is -2.40. The Morgan fingerprint density at radius 1 is 1.12 bits per heavy atom. The molecule has 3 nitrogen and oxygen atoms in total. The van der Waals surface area contributed by atoms with Crippen molar-refractivity contribution in [1.82, 2.24) is 15.1 Å². The fourth-order valence-corrected chi connectivity index (χ4v) is 2.86. The second-order valence-corrected chi connectivity index (χ2v) is 6.10. The van der Waals surface area contributed by atoms with Gasteiger partial charge in [-0.25, -0.2) is 0 Å². The van der Waals surface area contributed by atoms with E-state index in [1.165, 1.54) is 64.8 Å². The van der Waals surface area contributed by atoms with Crippen molar-refractivity contribution in [2.75, 3.05) is 46.8 Å². The molecular formula is C14H29N3. The van der Waals surface area contributed by atoms with E-state index < -0.39 is 0 Å². The minimum absolute atomic E-state index is 0.906. The highest BCUT2D eigenvalue weighted by Gasteiger charge is 2.30. The number of rotatable bonds is 7. The molecule has 1 aliphatic heterocycles. The van der Waals surface area contributed by atoms with E-state index in [9.17, 15) is 0 Å². The normalized spacial score (nSPS) is 25.8. The van der Waals surface area contributed by atoms with Crippen molar-refractivity contribution in [3.05, 3.63) is 0 Å². The number of hydrogen-bond donors (Lipinski definition) is 1. The van der Waals surface area contributed by atoms with Gasteiger partial charge in [0.25, 0.3) is 0 Å². The van der Waals surface area contributed by atoms with Crippen LogP contribution in [0.2, 0.25) is 0 Å². The number of hydrogen-bond acceptors (Lipinski definition) is 3. The van der Waals surface area contributed by atoms with Gasteiger partial charge in [0.2, 0.25) is 0 Å². The van der Waals surface area contributed by atoms with Crippen molar-refractivity contribution < 1.29 is 0 Å². The van der Waals surface area contributed by atoms with Crippen molar-refractivity contribution in [1.29, 1.82) is 0 Å². The predicted octanol–water partition coefficient (Wildman–Crippen LogP) is 1.40. The smallest absolute Gasteiger partial charge is 0.00965 e. The predicted molar refractivity (Wildman–Crippen MR) is 73.4 cm³/mol. The first-order valence-corrected chi connectivity index (χ1v) is 7.35.